The van der Waals surface area contributed by atoms with Crippen LogP contribution in [-0.2, 0) is 42.7 Å². The van der Waals surface area contributed by atoms with E-state index in [4.69, 9.17) is 37.9 Å². The van der Waals surface area contributed by atoms with Gasteiger partial charge in [-0.3, -0.25) is 4.79 Å². The quantitative estimate of drug-likeness (QED) is 0.0944. The van der Waals surface area contributed by atoms with Crippen molar-refractivity contribution in [3.05, 3.63) is 0 Å². The lowest BCUT2D eigenvalue weighted by atomic mass is 9.97. The van der Waals surface area contributed by atoms with Crippen LogP contribution in [0.25, 0.3) is 0 Å². The topological polar surface area (TPSA) is 111 Å². The molecule has 1 rings (SSSR count). The van der Waals surface area contributed by atoms with Gasteiger partial charge in [0, 0.05) is 27.9 Å². The molecule has 0 aromatic carbocycles. The zero-order valence-corrected chi connectivity index (χ0v) is 27.8. The Morgan fingerprint density at radius 3 is 1.86 bits per heavy atom. The molecule has 10 nitrogen and oxygen atoms in total. The molecule has 256 valence electrons. The molecular formula is C33H64O10. The first-order valence-electron chi connectivity index (χ1n) is 16.8. The molecule has 0 aromatic rings. The van der Waals surface area contributed by atoms with E-state index in [1.165, 1.54) is 64.2 Å². The maximum Gasteiger partial charge on any atom is 0.306 e. The first kappa shape index (κ1) is 40.2. The molecule has 0 saturated carbocycles. The molecule has 0 aliphatic carbocycles. The molecule has 1 aliphatic heterocycles. The summed E-state index contributed by atoms with van der Waals surface area (Å²) in [7, 11) is 4.89. The van der Waals surface area contributed by atoms with Crippen LogP contribution < -0.4 is 0 Å². The SMILES string of the molecule is CCCCCCCCCCCCCCC(CCOCC(OCCOC)C1OCC(OCCOC)C1OCCOC)C(=O)O. The van der Waals surface area contributed by atoms with Crippen molar-refractivity contribution in [2.45, 2.75) is 121 Å². The number of carboxylic acids is 1. The summed E-state index contributed by atoms with van der Waals surface area (Å²) in [6.45, 7) is 5.80. The fraction of sp³-hybridized carbons (Fsp3) is 0.970. The van der Waals surface area contributed by atoms with Crippen molar-refractivity contribution in [1.29, 1.82) is 0 Å². The van der Waals surface area contributed by atoms with E-state index in [1.807, 2.05) is 0 Å². The van der Waals surface area contributed by atoms with E-state index in [2.05, 4.69) is 6.92 Å². The minimum absolute atomic E-state index is 0.258. The van der Waals surface area contributed by atoms with Crippen LogP contribution in [0.5, 0.6) is 0 Å². The third kappa shape index (κ3) is 20.0. The number of aliphatic carboxylic acids is 1. The monoisotopic (exact) mass is 620 g/mol. The molecule has 43 heavy (non-hydrogen) atoms. The summed E-state index contributed by atoms with van der Waals surface area (Å²) >= 11 is 0. The maximum atomic E-state index is 11.9. The number of ether oxygens (including phenoxy) is 8. The number of unbranched alkanes of at least 4 members (excludes halogenated alkanes) is 11. The van der Waals surface area contributed by atoms with Gasteiger partial charge in [-0.1, -0.05) is 84.0 Å². The molecule has 5 unspecified atom stereocenters. The highest BCUT2D eigenvalue weighted by atomic mass is 16.6. The Labute approximate surface area is 261 Å². The molecule has 0 radical (unpaired) electrons. The van der Waals surface area contributed by atoms with Gasteiger partial charge in [-0.2, -0.15) is 0 Å². The fourth-order valence-electron chi connectivity index (χ4n) is 5.39. The van der Waals surface area contributed by atoms with Crippen molar-refractivity contribution in [2.24, 2.45) is 5.92 Å². The molecule has 1 N–H and O–H groups in total. The number of carbonyl (C=O) groups is 1. The third-order valence-corrected chi connectivity index (χ3v) is 7.99. The van der Waals surface area contributed by atoms with E-state index in [9.17, 15) is 9.90 Å². The van der Waals surface area contributed by atoms with Crippen LogP contribution in [0.1, 0.15) is 96.8 Å². The first-order chi connectivity index (χ1) is 21.1. The van der Waals surface area contributed by atoms with Crippen LogP contribution in [0.15, 0.2) is 0 Å². The van der Waals surface area contributed by atoms with Gasteiger partial charge in [-0.25, -0.2) is 0 Å². The lowest BCUT2D eigenvalue weighted by Gasteiger charge is -2.29. The molecule has 10 heteroatoms. The number of hydrogen-bond donors (Lipinski definition) is 1. The van der Waals surface area contributed by atoms with E-state index in [-0.39, 0.29) is 18.8 Å². The molecular weight excluding hydrogens is 556 g/mol. The summed E-state index contributed by atoms with van der Waals surface area (Å²) in [5.41, 5.74) is 0. The second-order valence-electron chi connectivity index (χ2n) is 11.5. The van der Waals surface area contributed by atoms with Crippen LogP contribution in [0.4, 0.5) is 0 Å². The Morgan fingerprint density at radius 2 is 1.28 bits per heavy atom. The minimum Gasteiger partial charge on any atom is -0.481 e. The first-order valence-corrected chi connectivity index (χ1v) is 16.8. The zero-order valence-electron chi connectivity index (χ0n) is 27.8. The fourth-order valence-corrected chi connectivity index (χ4v) is 5.39. The molecule has 0 aromatic heterocycles. The van der Waals surface area contributed by atoms with Crippen molar-refractivity contribution in [1.82, 2.24) is 0 Å². The van der Waals surface area contributed by atoms with Crippen molar-refractivity contribution in [3.63, 3.8) is 0 Å². The second kappa shape index (κ2) is 28.6. The van der Waals surface area contributed by atoms with Gasteiger partial charge in [0.15, 0.2) is 0 Å². The molecule has 5 atom stereocenters. The largest absolute Gasteiger partial charge is 0.481 e. The lowest BCUT2D eigenvalue weighted by molar-refractivity contribution is -0.144. The number of carboxylic acid groups (broad SMARTS) is 1. The number of methoxy groups -OCH3 is 3. The van der Waals surface area contributed by atoms with Crippen LogP contribution >= 0.6 is 0 Å². The summed E-state index contributed by atoms with van der Waals surface area (Å²) in [5.74, 6) is -1.15. The van der Waals surface area contributed by atoms with E-state index in [0.717, 1.165) is 12.8 Å². The molecule has 1 fully saturated rings. The van der Waals surface area contributed by atoms with Crippen molar-refractivity contribution in [3.8, 4) is 0 Å². The van der Waals surface area contributed by atoms with Crippen LogP contribution in [-0.4, -0.2) is 116 Å². The molecule has 1 saturated heterocycles. The Bertz CT molecular complexity index is 622. The summed E-state index contributed by atoms with van der Waals surface area (Å²) in [6, 6.07) is 0. The van der Waals surface area contributed by atoms with Gasteiger partial charge in [0.2, 0.25) is 0 Å². The Kier molecular flexibility index (Phi) is 26.7. The standard InChI is InChI=1S/C33H64O10/c1-5-6-7-8-9-10-11-12-13-14-15-16-17-28(33(34)35)18-19-39-26-29(40-23-20-36-2)32-31(42-25-22-38-4)30(27-43-32)41-24-21-37-3/h28-32H,5-27H2,1-4H3,(H,34,35). The smallest absolute Gasteiger partial charge is 0.306 e. The van der Waals surface area contributed by atoms with Gasteiger partial charge in [0.25, 0.3) is 0 Å². The lowest BCUT2D eigenvalue weighted by Crippen LogP contribution is -2.45. The minimum atomic E-state index is -0.749. The predicted octanol–water partition coefficient (Wildman–Crippen LogP) is 5.68. The molecule has 1 heterocycles. The highest BCUT2D eigenvalue weighted by Crippen LogP contribution is 2.26. The maximum absolute atomic E-state index is 11.9. The van der Waals surface area contributed by atoms with Crippen LogP contribution in [0.3, 0.4) is 0 Å². The highest BCUT2D eigenvalue weighted by molar-refractivity contribution is 5.69. The van der Waals surface area contributed by atoms with Gasteiger partial charge in [0.1, 0.15) is 24.4 Å². The molecule has 1 aliphatic rings. The van der Waals surface area contributed by atoms with Crippen molar-refractivity contribution in [2.75, 3.05) is 80.8 Å². The van der Waals surface area contributed by atoms with Gasteiger partial charge < -0.3 is 43.0 Å². The molecule has 0 bridgehead atoms. The van der Waals surface area contributed by atoms with Gasteiger partial charge >= 0.3 is 5.97 Å². The third-order valence-electron chi connectivity index (χ3n) is 7.99. The predicted molar refractivity (Wildman–Crippen MR) is 167 cm³/mol. The Morgan fingerprint density at radius 1 is 0.721 bits per heavy atom. The number of rotatable bonds is 32. The average Bonchev–Trinajstić information content (AvgIpc) is 3.40. The van der Waals surface area contributed by atoms with Crippen LogP contribution in [0, 0.1) is 5.92 Å². The van der Waals surface area contributed by atoms with E-state index >= 15 is 0 Å². The Balaban J connectivity index is 2.43. The highest BCUT2D eigenvalue weighted by Gasteiger charge is 2.44. The van der Waals surface area contributed by atoms with Crippen LogP contribution in [0.2, 0.25) is 0 Å². The number of hydrogen-bond acceptors (Lipinski definition) is 9. The zero-order chi connectivity index (χ0) is 31.4. The van der Waals surface area contributed by atoms with Crippen molar-refractivity contribution >= 4 is 5.97 Å². The van der Waals surface area contributed by atoms with Crippen molar-refractivity contribution < 1.29 is 47.8 Å². The van der Waals surface area contributed by atoms with E-state index < -0.39 is 24.1 Å². The second-order valence-corrected chi connectivity index (χ2v) is 11.5. The van der Waals surface area contributed by atoms with E-state index in [1.54, 1.807) is 21.3 Å². The summed E-state index contributed by atoms with van der Waals surface area (Å²) < 4.78 is 45.7. The molecule has 0 spiro atoms. The van der Waals surface area contributed by atoms with Gasteiger partial charge in [-0.05, 0) is 12.8 Å². The molecule has 0 amide bonds. The van der Waals surface area contributed by atoms with E-state index in [0.29, 0.717) is 65.7 Å². The van der Waals surface area contributed by atoms with Gasteiger partial charge in [0.05, 0.1) is 58.8 Å². The van der Waals surface area contributed by atoms with Gasteiger partial charge in [-0.15, -0.1) is 0 Å². The summed E-state index contributed by atoms with van der Waals surface area (Å²) in [6.07, 6.45) is 14.9. The summed E-state index contributed by atoms with van der Waals surface area (Å²) in [4.78, 5) is 11.9. The summed E-state index contributed by atoms with van der Waals surface area (Å²) in [5, 5.41) is 9.77. The Hall–Kier alpha value is -0.850. The average molecular weight is 621 g/mol. The normalized spacial score (nSPS) is 20.0.